The second kappa shape index (κ2) is 5.64. The van der Waals surface area contributed by atoms with Gasteiger partial charge in [-0.15, -0.1) is 0 Å². The lowest BCUT2D eigenvalue weighted by molar-refractivity contribution is 0.102. The van der Waals surface area contributed by atoms with E-state index < -0.39 is 0 Å². The van der Waals surface area contributed by atoms with Gasteiger partial charge in [-0.05, 0) is 54.8 Å². The molecule has 0 fully saturated rings. The summed E-state index contributed by atoms with van der Waals surface area (Å²) in [6, 6.07) is 12.2. The topological polar surface area (TPSA) is 44.9 Å². The van der Waals surface area contributed by atoms with Crippen molar-refractivity contribution < 1.29 is 9.18 Å². The fourth-order valence-electron chi connectivity index (χ4n) is 2.55. The molecule has 0 unspecified atom stereocenters. The number of hydrogen-bond donors (Lipinski definition) is 2. The molecule has 2 N–H and O–H groups in total. The number of carbonyl (C=O) groups excluding carboxylic acids is 1. The molecule has 2 aromatic carbocycles. The maximum atomic E-state index is 13.3. The van der Waals surface area contributed by atoms with Crippen LogP contribution in [0.1, 0.15) is 28.5 Å². The number of aromatic nitrogens is 1. The molecule has 1 amide bonds. The molecule has 0 aliphatic heterocycles. The quantitative estimate of drug-likeness (QED) is 0.738. The Morgan fingerprint density at radius 1 is 1.18 bits per heavy atom. The average Bonchev–Trinajstić information content (AvgIpc) is 2.84. The van der Waals surface area contributed by atoms with Crippen molar-refractivity contribution in [2.45, 2.75) is 20.3 Å². The van der Waals surface area contributed by atoms with E-state index in [0.29, 0.717) is 11.2 Å². The van der Waals surface area contributed by atoms with Crippen molar-refractivity contribution in [2.24, 2.45) is 0 Å². The third-order valence-electron chi connectivity index (χ3n) is 3.87. The van der Waals surface area contributed by atoms with Gasteiger partial charge in [0.15, 0.2) is 0 Å². The van der Waals surface area contributed by atoms with E-state index >= 15 is 0 Å². The highest BCUT2D eigenvalue weighted by Gasteiger charge is 2.15. The molecule has 1 aromatic heterocycles. The van der Waals surface area contributed by atoms with Gasteiger partial charge in [0, 0.05) is 16.6 Å². The van der Waals surface area contributed by atoms with E-state index in [4.69, 9.17) is 0 Å². The van der Waals surface area contributed by atoms with Crippen LogP contribution in [0.25, 0.3) is 10.9 Å². The van der Waals surface area contributed by atoms with Crippen LogP contribution < -0.4 is 5.32 Å². The van der Waals surface area contributed by atoms with Crippen LogP contribution in [0.5, 0.6) is 0 Å². The molecule has 0 aliphatic carbocycles. The Kier molecular flexibility index (Phi) is 3.67. The van der Waals surface area contributed by atoms with Gasteiger partial charge < -0.3 is 10.3 Å². The third-order valence-corrected chi connectivity index (χ3v) is 3.87. The zero-order chi connectivity index (χ0) is 15.7. The number of aryl methyl sites for hydroxylation is 2. The summed E-state index contributed by atoms with van der Waals surface area (Å²) in [5.41, 5.74) is 3.86. The van der Waals surface area contributed by atoms with Gasteiger partial charge in [-0.25, -0.2) is 4.39 Å². The first-order valence-corrected chi connectivity index (χ1v) is 7.26. The van der Waals surface area contributed by atoms with E-state index in [2.05, 4.69) is 17.2 Å². The Hall–Kier alpha value is -2.62. The summed E-state index contributed by atoms with van der Waals surface area (Å²) >= 11 is 0. The number of fused-ring (bicyclic) bond motifs is 1. The van der Waals surface area contributed by atoms with Gasteiger partial charge in [0.1, 0.15) is 11.5 Å². The first-order chi connectivity index (χ1) is 10.6. The van der Waals surface area contributed by atoms with Crippen LogP contribution >= 0.6 is 0 Å². The number of amides is 1. The van der Waals surface area contributed by atoms with E-state index in [1.807, 2.05) is 31.2 Å². The van der Waals surface area contributed by atoms with E-state index in [-0.39, 0.29) is 11.7 Å². The van der Waals surface area contributed by atoms with Crippen molar-refractivity contribution in [2.75, 3.05) is 5.32 Å². The first kappa shape index (κ1) is 14.3. The van der Waals surface area contributed by atoms with Gasteiger partial charge in [0.25, 0.3) is 5.91 Å². The molecule has 3 aromatic rings. The monoisotopic (exact) mass is 296 g/mol. The molecule has 4 heteroatoms. The number of hydrogen-bond acceptors (Lipinski definition) is 1. The summed E-state index contributed by atoms with van der Waals surface area (Å²) in [5, 5.41) is 3.72. The number of halogens is 1. The van der Waals surface area contributed by atoms with E-state index in [1.54, 1.807) is 6.07 Å². The summed E-state index contributed by atoms with van der Waals surface area (Å²) in [5.74, 6) is -0.547. The second-order valence-corrected chi connectivity index (χ2v) is 5.32. The lowest BCUT2D eigenvalue weighted by Gasteiger charge is -2.05. The fraction of sp³-hybridized carbons (Fsp3) is 0.167. The second-order valence-electron chi connectivity index (χ2n) is 5.32. The Morgan fingerprint density at radius 2 is 1.91 bits per heavy atom. The van der Waals surface area contributed by atoms with Crippen LogP contribution in [-0.2, 0) is 6.42 Å². The Labute approximate surface area is 128 Å². The normalized spacial score (nSPS) is 10.9. The average molecular weight is 296 g/mol. The molecular formula is C18H17FN2O. The minimum atomic E-state index is -0.323. The Bertz CT molecular complexity index is 834. The van der Waals surface area contributed by atoms with Gasteiger partial charge >= 0.3 is 0 Å². The Balaban J connectivity index is 1.89. The highest BCUT2D eigenvalue weighted by molar-refractivity contribution is 6.07. The minimum absolute atomic E-state index is 0.224. The lowest BCUT2D eigenvalue weighted by Crippen LogP contribution is -2.13. The van der Waals surface area contributed by atoms with Crippen molar-refractivity contribution in [1.82, 2.24) is 4.98 Å². The molecule has 0 spiro atoms. The van der Waals surface area contributed by atoms with Crippen LogP contribution in [0.15, 0.2) is 42.5 Å². The van der Waals surface area contributed by atoms with Crippen LogP contribution in [0.3, 0.4) is 0 Å². The van der Waals surface area contributed by atoms with Crippen LogP contribution in [-0.4, -0.2) is 10.9 Å². The number of benzene rings is 2. The fourth-order valence-corrected chi connectivity index (χ4v) is 2.55. The highest BCUT2D eigenvalue weighted by Crippen LogP contribution is 2.23. The zero-order valence-corrected chi connectivity index (χ0v) is 12.5. The van der Waals surface area contributed by atoms with Crippen LogP contribution in [0.4, 0.5) is 10.1 Å². The lowest BCUT2D eigenvalue weighted by atomic mass is 10.1. The van der Waals surface area contributed by atoms with E-state index in [0.717, 1.165) is 23.1 Å². The predicted molar refractivity (Wildman–Crippen MR) is 86.8 cm³/mol. The molecule has 22 heavy (non-hydrogen) atoms. The molecule has 112 valence electrons. The van der Waals surface area contributed by atoms with Crippen molar-refractivity contribution in [3.63, 3.8) is 0 Å². The molecule has 3 rings (SSSR count). The SMILES string of the molecule is CCc1ccc(NC(=O)c2[nH]c3cc(F)ccc3c2C)cc1. The maximum Gasteiger partial charge on any atom is 0.272 e. The number of nitrogens with one attached hydrogen (secondary N) is 2. The highest BCUT2D eigenvalue weighted by atomic mass is 19.1. The summed E-state index contributed by atoms with van der Waals surface area (Å²) in [4.78, 5) is 15.4. The molecule has 3 nitrogen and oxygen atoms in total. The third kappa shape index (κ3) is 2.60. The molecule has 0 saturated heterocycles. The minimum Gasteiger partial charge on any atom is -0.350 e. The zero-order valence-electron chi connectivity index (χ0n) is 12.5. The van der Waals surface area contributed by atoms with Gasteiger partial charge in [-0.1, -0.05) is 19.1 Å². The molecule has 0 aliphatic rings. The number of anilines is 1. The van der Waals surface area contributed by atoms with Crippen molar-refractivity contribution in [3.05, 3.63) is 65.1 Å². The molecule has 0 radical (unpaired) electrons. The van der Waals surface area contributed by atoms with E-state index in [1.165, 1.54) is 17.7 Å². The molecule has 0 bridgehead atoms. The summed E-state index contributed by atoms with van der Waals surface area (Å²) in [6.07, 6.45) is 0.959. The van der Waals surface area contributed by atoms with Crippen LogP contribution in [0, 0.1) is 12.7 Å². The number of rotatable bonds is 3. The molecular weight excluding hydrogens is 279 g/mol. The first-order valence-electron chi connectivity index (χ1n) is 7.26. The smallest absolute Gasteiger partial charge is 0.272 e. The van der Waals surface area contributed by atoms with Crippen molar-refractivity contribution in [1.29, 1.82) is 0 Å². The number of aromatic amines is 1. The number of H-pyrrole nitrogens is 1. The molecule has 0 saturated carbocycles. The standard InChI is InChI=1S/C18H17FN2O/c1-3-12-4-7-14(8-5-12)20-18(22)17-11(2)15-9-6-13(19)10-16(15)21-17/h4-10,21H,3H2,1-2H3,(H,20,22). The maximum absolute atomic E-state index is 13.3. The van der Waals surface area contributed by atoms with Gasteiger partial charge in [-0.3, -0.25) is 4.79 Å². The van der Waals surface area contributed by atoms with Gasteiger partial charge in [-0.2, -0.15) is 0 Å². The summed E-state index contributed by atoms with van der Waals surface area (Å²) in [7, 11) is 0. The van der Waals surface area contributed by atoms with Gasteiger partial charge in [0.05, 0.1) is 0 Å². The number of carbonyl (C=O) groups is 1. The van der Waals surface area contributed by atoms with Crippen LogP contribution in [0.2, 0.25) is 0 Å². The largest absolute Gasteiger partial charge is 0.350 e. The molecule has 1 heterocycles. The summed E-state index contributed by atoms with van der Waals surface area (Å²) in [6.45, 7) is 3.94. The summed E-state index contributed by atoms with van der Waals surface area (Å²) < 4.78 is 13.3. The predicted octanol–water partition coefficient (Wildman–Crippen LogP) is 4.43. The Morgan fingerprint density at radius 3 is 2.59 bits per heavy atom. The van der Waals surface area contributed by atoms with Gasteiger partial charge in [0.2, 0.25) is 0 Å². The molecule has 0 atom stereocenters. The van der Waals surface area contributed by atoms with E-state index in [9.17, 15) is 9.18 Å². The van der Waals surface area contributed by atoms with Crippen molar-refractivity contribution in [3.8, 4) is 0 Å². The van der Waals surface area contributed by atoms with Crippen molar-refractivity contribution >= 4 is 22.5 Å².